The Morgan fingerprint density at radius 3 is 2.02 bits per heavy atom. The van der Waals surface area contributed by atoms with Gasteiger partial charge in [0, 0.05) is 31.6 Å². The van der Waals surface area contributed by atoms with E-state index in [1.807, 2.05) is 0 Å². The normalized spacial score (nSPS) is 47.4. The molecule has 0 aliphatic heterocycles. The molecule has 0 amide bonds. The van der Waals surface area contributed by atoms with Crippen molar-refractivity contribution in [3.05, 3.63) is 11.6 Å². The number of hydrogen-bond donors (Lipinski definition) is 0. The fraction of sp³-hybridized carbons (Fsp3) is 0.861. The zero-order valence-corrected chi connectivity index (χ0v) is 27.9. The molecule has 5 rings (SSSR count). The summed E-state index contributed by atoms with van der Waals surface area (Å²) < 4.78 is 17.7. The van der Waals surface area contributed by atoms with Gasteiger partial charge >= 0.3 is 17.9 Å². The first-order valence-corrected chi connectivity index (χ1v) is 16.6. The van der Waals surface area contributed by atoms with Crippen LogP contribution in [0.3, 0.4) is 0 Å². The van der Waals surface area contributed by atoms with Crippen molar-refractivity contribution in [2.24, 2.45) is 56.7 Å². The summed E-state index contributed by atoms with van der Waals surface area (Å²) in [6.07, 6.45) is 10.5. The largest absolute Gasteiger partial charge is 0.462 e. The summed E-state index contributed by atoms with van der Waals surface area (Å²) in [6.45, 7) is 21.9. The molecule has 5 aliphatic carbocycles. The summed E-state index contributed by atoms with van der Waals surface area (Å²) in [7, 11) is 0. The molecule has 0 heterocycles. The molecular formula is C36H56O6. The van der Waals surface area contributed by atoms with E-state index in [0.717, 1.165) is 38.5 Å². The van der Waals surface area contributed by atoms with Gasteiger partial charge in [0.25, 0.3) is 0 Å². The van der Waals surface area contributed by atoms with Crippen molar-refractivity contribution in [2.45, 2.75) is 133 Å². The van der Waals surface area contributed by atoms with Crippen molar-refractivity contribution < 1.29 is 28.6 Å². The SMILES string of the molecule is CC(=O)OCC1=CC[C@@]2(C)[C@H]([C@@H]1C)[C@H]1CC[C@@H]3[C@@]4(C)CC[C@H](OC(C)=O)C(C)(C)[C@@H]4CC[C@@]3(C)[C@]1(C)C[C@@H]2OC(C)=O. The van der Waals surface area contributed by atoms with Crippen molar-refractivity contribution in [3.8, 4) is 0 Å². The summed E-state index contributed by atoms with van der Waals surface area (Å²) in [4.78, 5) is 36.3. The molecule has 42 heavy (non-hydrogen) atoms. The Balaban J connectivity index is 1.54. The smallest absolute Gasteiger partial charge is 0.302 e. The number of carbonyl (C=O) groups is 3. The maximum Gasteiger partial charge on any atom is 0.302 e. The lowest BCUT2D eigenvalue weighted by molar-refractivity contribution is -0.270. The molecule has 5 aliphatic rings. The van der Waals surface area contributed by atoms with Gasteiger partial charge in [0.15, 0.2) is 0 Å². The molecule has 0 aromatic carbocycles. The topological polar surface area (TPSA) is 78.9 Å². The van der Waals surface area contributed by atoms with E-state index in [1.54, 1.807) is 13.8 Å². The quantitative estimate of drug-likeness (QED) is 0.192. The molecule has 0 N–H and O–H groups in total. The minimum atomic E-state index is -0.243. The van der Waals surface area contributed by atoms with Crippen LogP contribution in [0.4, 0.5) is 0 Å². The van der Waals surface area contributed by atoms with Crippen molar-refractivity contribution in [3.63, 3.8) is 0 Å². The van der Waals surface area contributed by atoms with E-state index in [4.69, 9.17) is 14.2 Å². The van der Waals surface area contributed by atoms with Gasteiger partial charge in [-0.25, -0.2) is 0 Å². The minimum absolute atomic E-state index is 0.00318. The van der Waals surface area contributed by atoms with Crippen molar-refractivity contribution in [2.75, 3.05) is 6.61 Å². The molecular weight excluding hydrogens is 528 g/mol. The Morgan fingerprint density at radius 2 is 1.40 bits per heavy atom. The number of esters is 3. The lowest BCUT2D eigenvalue weighted by Crippen LogP contribution is -2.69. The molecule has 0 radical (unpaired) electrons. The van der Waals surface area contributed by atoms with E-state index in [9.17, 15) is 14.4 Å². The third kappa shape index (κ3) is 4.50. The summed E-state index contributed by atoms with van der Waals surface area (Å²) >= 11 is 0. The van der Waals surface area contributed by atoms with Crippen molar-refractivity contribution in [1.82, 2.24) is 0 Å². The van der Waals surface area contributed by atoms with E-state index >= 15 is 0 Å². The highest BCUT2D eigenvalue weighted by atomic mass is 16.5. The molecule has 4 fully saturated rings. The van der Waals surface area contributed by atoms with Crippen LogP contribution in [0, 0.1) is 56.7 Å². The molecule has 6 nitrogen and oxygen atoms in total. The average molecular weight is 585 g/mol. The Kier molecular flexibility index (Phi) is 7.79. The van der Waals surface area contributed by atoms with Gasteiger partial charge in [-0.15, -0.1) is 0 Å². The molecule has 0 saturated heterocycles. The van der Waals surface area contributed by atoms with Crippen LogP contribution >= 0.6 is 0 Å². The second kappa shape index (κ2) is 10.4. The minimum Gasteiger partial charge on any atom is -0.462 e. The van der Waals surface area contributed by atoms with Gasteiger partial charge in [-0.1, -0.05) is 54.5 Å². The maximum atomic E-state index is 12.6. The lowest BCUT2D eigenvalue weighted by Gasteiger charge is -2.74. The molecule has 0 spiro atoms. The summed E-state index contributed by atoms with van der Waals surface area (Å²) in [5.41, 5.74) is 1.26. The molecule has 4 saturated carbocycles. The highest BCUT2D eigenvalue weighted by Gasteiger charge is 2.71. The molecule has 0 unspecified atom stereocenters. The second-order valence-corrected chi connectivity index (χ2v) is 16.5. The number of carbonyl (C=O) groups excluding carboxylic acids is 3. The zero-order chi connectivity index (χ0) is 31.0. The molecule has 11 atom stereocenters. The zero-order valence-electron chi connectivity index (χ0n) is 27.9. The van der Waals surface area contributed by atoms with Gasteiger partial charge in [0.2, 0.25) is 0 Å². The summed E-state index contributed by atoms with van der Waals surface area (Å²) in [5.74, 6) is 1.53. The number of hydrogen-bond acceptors (Lipinski definition) is 6. The van der Waals surface area contributed by atoms with Crippen LogP contribution in [0.2, 0.25) is 0 Å². The fourth-order valence-electron chi connectivity index (χ4n) is 12.3. The average Bonchev–Trinajstić information content (AvgIpc) is 2.86. The molecule has 0 aromatic rings. The van der Waals surface area contributed by atoms with Crippen LogP contribution < -0.4 is 0 Å². The van der Waals surface area contributed by atoms with Gasteiger partial charge in [-0.05, 0) is 103 Å². The van der Waals surface area contributed by atoms with E-state index in [-0.39, 0.29) is 63.1 Å². The first kappa shape index (κ1) is 31.6. The lowest BCUT2D eigenvalue weighted by atomic mass is 9.31. The van der Waals surface area contributed by atoms with Crippen LogP contribution in [0.1, 0.15) is 121 Å². The summed E-state index contributed by atoms with van der Waals surface area (Å²) in [6, 6.07) is 0. The second-order valence-electron chi connectivity index (χ2n) is 16.5. The third-order valence-corrected chi connectivity index (χ3v) is 14.4. The molecule has 236 valence electrons. The van der Waals surface area contributed by atoms with Gasteiger partial charge in [-0.3, -0.25) is 14.4 Å². The fourth-order valence-corrected chi connectivity index (χ4v) is 12.3. The van der Waals surface area contributed by atoms with Crippen molar-refractivity contribution in [1.29, 1.82) is 0 Å². The summed E-state index contributed by atoms with van der Waals surface area (Å²) in [5, 5.41) is 0. The first-order valence-electron chi connectivity index (χ1n) is 16.6. The van der Waals surface area contributed by atoms with E-state index in [2.05, 4.69) is 54.5 Å². The van der Waals surface area contributed by atoms with E-state index in [1.165, 1.54) is 25.3 Å². The molecule has 0 aromatic heterocycles. The Bertz CT molecular complexity index is 1160. The van der Waals surface area contributed by atoms with Crippen LogP contribution in [-0.4, -0.2) is 36.7 Å². The van der Waals surface area contributed by atoms with Crippen LogP contribution in [0.5, 0.6) is 0 Å². The molecule has 0 bridgehead atoms. The Morgan fingerprint density at radius 1 is 0.762 bits per heavy atom. The number of fused-ring (bicyclic) bond motifs is 7. The van der Waals surface area contributed by atoms with Crippen molar-refractivity contribution >= 4 is 17.9 Å². The predicted molar refractivity (Wildman–Crippen MR) is 162 cm³/mol. The van der Waals surface area contributed by atoms with Gasteiger partial charge in [-0.2, -0.15) is 0 Å². The molecule has 6 heteroatoms. The van der Waals surface area contributed by atoms with Crippen LogP contribution in [0.15, 0.2) is 11.6 Å². The number of rotatable bonds is 4. The monoisotopic (exact) mass is 584 g/mol. The predicted octanol–water partition coefficient (Wildman–Crippen LogP) is 7.68. The van der Waals surface area contributed by atoms with E-state index in [0.29, 0.717) is 30.3 Å². The van der Waals surface area contributed by atoms with E-state index < -0.39 is 0 Å². The van der Waals surface area contributed by atoms with Gasteiger partial charge < -0.3 is 14.2 Å². The van der Waals surface area contributed by atoms with Crippen LogP contribution in [-0.2, 0) is 28.6 Å². The standard InChI is InChI=1S/C36H56O6/c1-21-25(20-40-22(2)37)13-16-34(8)30(42-24(4)39)19-36(10)26(31(21)34)11-12-28-33(7)17-15-29(41-23(3)38)32(5,6)27(33)14-18-35(28,36)9/h13,21,26-31H,11-12,14-20H2,1-10H3/t21-,26-,27+,28-,29+,30+,31-,33+,34-,35-,36-/m1/s1. The van der Waals surface area contributed by atoms with Crippen LogP contribution in [0.25, 0.3) is 0 Å². The maximum absolute atomic E-state index is 12.6. The number of allylic oxidation sites excluding steroid dienone is 1. The van der Waals surface area contributed by atoms with Gasteiger partial charge in [0.1, 0.15) is 18.8 Å². The Labute approximate surface area is 254 Å². The highest BCUT2D eigenvalue weighted by molar-refractivity contribution is 5.67. The first-order chi connectivity index (χ1) is 19.4. The third-order valence-electron chi connectivity index (χ3n) is 14.4. The highest BCUT2D eigenvalue weighted by Crippen LogP contribution is 2.77. The number of ether oxygens (including phenoxy) is 3. The Hall–Kier alpha value is -1.85. The van der Waals surface area contributed by atoms with Gasteiger partial charge in [0.05, 0.1) is 0 Å².